The zero-order valence-electron chi connectivity index (χ0n) is 28.0. The monoisotopic (exact) mass is 790 g/mol. The van der Waals surface area contributed by atoms with E-state index in [4.69, 9.17) is 0 Å². The first-order valence-corrected chi connectivity index (χ1v) is 16.1. The molecule has 0 radical (unpaired) electrons. The molecule has 0 bridgehead atoms. The zero-order chi connectivity index (χ0) is 40.6. The number of ketones is 1. The zero-order valence-corrected chi connectivity index (χ0v) is 28.0. The molecule has 288 valence electrons. The van der Waals surface area contributed by atoms with E-state index in [1.54, 1.807) is 0 Å². The second-order valence-corrected chi connectivity index (χ2v) is 12.3. The molecule has 0 spiro atoms. The molecule has 6 aromatic rings. The highest BCUT2D eigenvalue weighted by molar-refractivity contribution is 6.16. The standard InChI is InChI=1S/C39H22F12N4O/c40-36(41,42)25-7-1-5-21(15-25)13-23-17-29(34-52-9-3-10-53-34)27(19-31(23)38(46,47)48)33(56)28-20-32(39(49,50)51)24(18-30(28)35-54-11-4-12-55-35)14-22-6-2-8-26(16-22)37(43,44)45/h1-12,15-20H,13-14H2. The van der Waals surface area contributed by atoms with Crippen LogP contribution in [0.4, 0.5) is 52.7 Å². The summed E-state index contributed by atoms with van der Waals surface area (Å²) in [5, 5.41) is 0. The first-order chi connectivity index (χ1) is 26.2. The summed E-state index contributed by atoms with van der Waals surface area (Å²) < 4.78 is 169. The molecule has 0 saturated heterocycles. The fourth-order valence-corrected chi connectivity index (χ4v) is 6.03. The first kappa shape index (κ1) is 39.6. The normalized spacial score (nSPS) is 12.5. The van der Waals surface area contributed by atoms with E-state index in [0.29, 0.717) is 24.3 Å². The summed E-state index contributed by atoms with van der Waals surface area (Å²) in [5.74, 6) is -2.09. The van der Waals surface area contributed by atoms with Gasteiger partial charge in [-0.2, -0.15) is 52.7 Å². The van der Waals surface area contributed by atoms with Crippen molar-refractivity contribution >= 4 is 5.78 Å². The number of carbonyl (C=O) groups excluding carboxylic acids is 1. The maximum Gasteiger partial charge on any atom is 0.416 e. The van der Waals surface area contributed by atoms with E-state index < -0.39 is 99.0 Å². The second kappa shape index (κ2) is 14.8. The minimum absolute atomic E-state index is 0.181. The van der Waals surface area contributed by atoms with E-state index >= 15 is 0 Å². The Bertz CT molecular complexity index is 2220. The summed E-state index contributed by atoms with van der Waals surface area (Å²) in [6.07, 6.45) is -16.9. The molecule has 56 heavy (non-hydrogen) atoms. The van der Waals surface area contributed by atoms with Crippen molar-refractivity contribution in [3.05, 3.63) is 165 Å². The van der Waals surface area contributed by atoms with Gasteiger partial charge in [-0.25, -0.2) is 19.9 Å². The Balaban J connectivity index is 1.59. The number of hydrogen-bond acceptors (Lipinski definition) is 5. The van der Waals surface area contributed by atoms with Gasteiger partial charge in [-0.1, -0.05) is 36.4 Å². The lowest BCUT2D eigenvalue weighted by Crippen LogP contribution is -2.17. The molecule has 0 amide bonds. The molecule has 0 saturated carbocycles. The molecule has 0 N–H and O–H groups in total. The van der Waals surface area contributed by atoms with Gasteiger partial charge < -0.3 is 0 Å². The Morgan fingerprint density at radius 3 is 1.12 bits per heavy atom. The smallest absolute Gasteiger partial charge is 0.289 e. The summed E-state index contributed by atoms with van der Waals surface area (Å²) in [4.78, 5) is 30.6. The molecule has 0 aliphatic rings. The fourth-order valence-electron chi connectivity index (χ4n) is 6.03. The maximum absolute atomic E-state index is 14.8. The summed E-state index contributed by atoms with van der Waals surface area (Å²) in [5.41, 5.74) is -9.23. The average molecular weight is 791 g/mol. The van der Waals surface area contributed by atoms with Crippen molar-refractivity contribution in [2.45, 2.75) is 37.5 Å². The van der Waals surface area contributed by atoms with Crippen molar-refractivity contribution in [3.63, 3.8) is 0 Å². The van der Waals surface area contributed by atoms with Crippen LogP contribution in [0.5, 0.6) is 0 Å². The van der Waals surface area contributed by atoms with Gasteiger partial charge in [0.15, 0.2) is 17.4 Å². The summed E-state index contributed by atoms with van der Waals surface area (Å²) in [6, 6.07) is 12.2. The van der Waals surface area contributed by atoms with Gasteiger partial charge in [0.2, 0.25) is 0 Å². The lowest BCUT2D eigenvalue weighted by atomic mass is 9.86. The lowest BCUT2D eigenvalue weighted by Gasteiger charge is -2.20. The average Bonchev–Trinajstić information content (AvgIpc) is 3.13. The molecule has 0 atom stereocenters. The molecule has 2 aromatic heterocycles. The van der Waals surface area contributed by atoms with Crippen molar-refractivity contribution in [1.29, 1.82) is 0 Å². The minimum Gasteiger partial charge on any atom is -0.289 e. The molecule has 17 heteroatoms. The van der Waals surface area contributed by atoms with Gasteiger partial charge in [0.25, 0.3) is 0 Å². The Morgan fingerprint density at radius 1 is 0.446 bits per heavy atom. The van der Waals surface area contributed by atoms with Gasteiger partial charge in [-0.15, -0.1) is 0 Å². The molecule has 0 aliphatic heterocycles. The van der Waals surface area contributed by atoms with Gasteiger partial charge in [0.1, 0.15) is 0 Å². The number of benzene rings is 4. The third kappa shape index (κ3) is 8.71. The van der Waals surface area contributed by atoms with Gasteiger partial charge >= 0.3 is 24.7 Å². The molecule has 2 heterocycles. The number of aromatic nitrogens is 4. The van der Waals surface area contributed by atoms with Gasteiger partial charge in [-0.3, -0.25) is 4.79 Å². The number of rotatable bonds is 8. The van der Waals surface area contributed by atoms with Gasteiger partial charge in [0, 0.05) is 47.0 Å². The van der Waals surface area contributed by atoms with E-state index in [9.17, 15) is 57.5 Å². The topological polar surface area (TPSA) is 68.6 Å². The molecule has 6 rings (SSSR count). The molecule has 0 unspecified atom stereocenters. The highest BCUT2D eigenvalue weighted by Crippen LogP contribution is 2.42. The SMILES string of the molecule is O=C(c1cc(C(F)(F)F)c(Cc2cccc(C(F)(F)F)c2)cc1-c1ncccn1)c1cc(C(F)(F)F)c(Cc2cccc(C(F)(F)F)c2)cc1-c1ncccn1. The van der Waals surface area contributed by atoms with E-state index in [2.05, 4.69) is 19.9 Å². The van der Waals surface area contributed by atoms with Crippen LogP contribution in [0.1, 0.15) is 60.4 Å². The summed E-state index contributed by atoms with van der Waals surface area (Å²) in [7, 11) is 0. The van der Waals surface area contributed by atoms with Crippen LogP contribution in [-0.2, 0) is 37.5 Å². The Hall–Kier alpha value is -6.13. The number of alkyl halides is 12. The van der Waals surface area contributed by atoms with Gasteiger partial charge in [-0.05, 0) is 83.6 Å². The van der Waals surface area contributed by atoms with E-state index in [-0.39, 0.29) is 22.8 Å². The molecule has 0 aliphatic carbocycles. The number of nitrogens with zero attached hydrogens (tertiary/aromatic N) is 4. The van der Waals surface area contributed by atoms with Crippen molar-refractivity contribution in [3.8, 4) is 22.8 Å². The van der Waals surface area contributed by atoms with Crippen LogP contribution in [0.25, 0.3) is 22.8 Å². The molecular weight excluding hydrogens is 768 g/mol. The van der Waals surface area contributed by atoms with E-state index in [1.165, 1.54) is 49.1 Å². The lowest BCUT2D eigenvalue weighted by molar-refractivity contribution is -0.139. The largest absolute Gasteiger partial charge is 0.416 e. The van der Waals surface area contributed by atoms with Crippen LogP contribution in [0.15, 0.2) is 110 Å². The number of carbonyl (C=O) groups is 1. The van der Waals surface area contributed by atoms with Crippen molar-refractivity contribution in [1.82, 2.24) is 19.9 Å². The molecular formula is C39H22F12N4O. The summed E-state index contributed by atoms with van der Waals surface area (Å²) in [6.45, 7) is 0. The third-order valence-corrected chi connectivity index (χ3v) is 8.50. The third-order valence-electron chi connectivity index (χ3n) is 8.50. The maximum atomic E-state index is 14.8. The molecule has 5 nitrogen and oxygen atoms in total. The van der Waals surface area contributed by atoms with Crippen LogP contribution in [0, 0.1) is 0 Å². The Labute approximate surface area is 308 Å². The van der Waals surface area contributed by atoms with Crippen LogP contribution >= 0.6 is 0 Å². The minimum atomic E-state index is -5.24. The first-order valence-electron chi connectivity index (χ1n) is 16.1. The van der Waals surface area contributed by atoms with Crippen molar-refractivity contribution in [2.75, 3.05) is 0 Å². The Morgan fingerprint density at radius 2 is 0.804 bits per heavy atom. The van der Waals surface area contributed by atoms with E-state index in [0.717, 1.165) is 36.4 Å². The van der Waals surface area contributed by atoms with Crippen LogP contribution in [0.3, 0.4) is 0 Å². The van der Waals surface area contributed by atoms with Crippen LogP contribution < -0.4 is 0 Å². The number of halogens is 12. The fraction of sp³-hybridized carbons (Fsp3) is 0.154. The predicted octanol–water partition coefficient (Wildman–Crippen LogP) is 11.1. The summed E-state index contributed by atoms with van der Waals surface area (Å²) >= 11 is 0. The highest BCUT2D eigenvalue weighted by Gasteiger charge is 2.39. The second-order valence-electron chi connectivity index (χ2n) is 12.3. The van der Waals surface area contributed by atoms with Gasteiger partial charge in [0.05, 0.1) is 22.3 Å². The molecule has 0 fully saturated rings. The van der Waals surface area contributed by atoms with E-state index in [1.807, 2.05) is 0 Å². The molecule has 4 aromatic carbocycles. The van der Waals surface area contributed by atoms with Crippen molar-refractivity contribution in [2.24, 2.45) is 0 Å². The van der Waals surface area contributed by atoms with Crippen LogP contribution in [-0.4, -0.2) is 25.7 Å². The quantitative estimate of drug-likeness (QED) is 0.113. The van der Waals surface area contributed by atoms with Crippen LogP contribution in [0.2, 0.25) is 0 Å². The van der Waals surface area contributed by atoms with Crippen molar-refractivity contribution < 1.29 is 57.5 Å². The number of hydrogen-bond donors (Lipinski definition) is 0. The highest BCUT2D eigenvalue weighted by atomic mass is 19.4. The predicted molar refractivity (Wildman–Crippen MR) is 177 cm³/mol. The Kier molecular flexibility index (Phi) is 10.5.